The number of carboxylic acid groups (broad SMARTS) is 1. The normalized spacial score (nSPS) is 16.0. The molecular formula is C12H16ClNO3. The minimum atomic E-state index is -0.909. The summed E-state index contributed by atoms with van der Waals surface area (Å²) in [6.07, 6.45) is 2.25. The minimum absolute atomic E-state index is 0. The number of aromatic carboxylic acids is 1. The van der Waals surface area contributed by atoms with E-state index in [1.165, 1.54) is 0 Å². The Balaban J connectivity index is 0.00000144. The molecule has 1 fully saturated rings. The molecule has 1 saturated heterocycles. The number of hydrogen-bond donors (Lipinski definition) is 2. The van der Waals surface area contributed by atoms with Crippen LogP contribution in [0.25, 0.3) is 0 Å². The molecule has 0 atom stereocenters. The van der Waals surface area contributed by atoms with Crippen molar-refractivity contribution in [2.24, 2.45) is 0 Å². The van der Waals surface area contributed by atoms with Gasteiger partial charge in [0.05, 0.1) is 5.56 Å². The lowest BCUT2D eigenvalue weighted by atomic mass is 10.1. The molecule has 17 heavy (non-hydrogen) atoms. The van der Waals surface area contributed by atoms with Crippen molar-refractivity contribution < 1.29 is 14.6 Å². The molecule has 1 heterocycles. The van der Waals surface area contributed by atoms with E-state index in [1.807, 2.05) is 0 Å². The third-order valence-electron chi connectivity index (χ3n) is 2.69. The fourth-order valence-corrected chi connectivity index (χ4v) is 1.78. The SMILES string of the molecule is Cl.O=C(O)c1ccc(OC2CCNCC2)cc1. The molecule has 2 rings (SSSR count). The van der Waals surface area contributed by atoms with Gasteiger partial charge in [-0.25, -0.2) is 4.79 Å². The number of rotatable bonds is 3. The van der Waals surface area contributed by atoms with Crippen LogP contribution in [0.4, 0.5) is 0 Å². The molecule has 0 radical (unpaired) electrons. The zero-order valence-electron chi connectivity index (χ0n) is 9.39. The summed E-state index contributed by atoms with van der Waals surface area (Å²) in [6, 6.07) is 6.56. The first-order valence-electron chi connectivity index (χ1n) is 5.46. The molecule has 1 aliphatic heterocycles. The summed E-state index contributed by atoms with van der Waals surface area (Å²) in [5.74, 6) is -0.162. The van der Waals surface area contributed by atoms with Crippen molar-refractivity contribution in [3.05, 3.63) is 29.8 Å². The van der Waals surface area contributed by atoms with Crippen LogP contribution in [-0.2, 0) is 0 Å². The third kappa shape index (κ3) is 3.91. The van der Waals surface area contributed by atoms with Gasteiger partial charge in [0.25, 0.3) is 0 Å². The third-order valence-corrected chi connectivity index (χ3v) is 2.69. The summed E-state index contributed by atoms with van der Waals surface area (Å²) in [5.41, 5.74) is 0.290. The average molecular weight is 258 g/mol. The van der Waals surface area contributed by atoms with Gasteiger partial charge in [0, 0.05) is 0 Å². The zero-order valence-corrected chi connectivity index (χ0v) is 10.2. The number of ether oxygens (including phenoxy) is 1. The maximum absolute atomic E-state index is 10.7. The molecule has 0 unspecified atom stereocenters. The van der Waals surface area contributed by atoms with E-state index in [2.05, 4.69) is 5.32 Å². The number of carboxylic acids is 1. The van der Waals surface area contributed by atoms with Crippen molar-refractivity contribution in [3.63, 3.8) is 0 Å². The van der Waals surface area contributed by atoms with Gasteiger partial charge in [0.2, 0.25) is 0 Å². The van der Waals surface area contributed by atoms with Crippen LogP contribution in [0.15, 0.2) is 24.3 Å². The Morgan fingerprint density at radius 3 is 2.35 bits per heavy atom. The first-order valence-corrected chi connectivity index (χ1v) is 5.46. The van der Waals surface area contributed by atoms with Crippen molar-refractivity contribution in [1.29, 1.82) is 0 Å². The Hall–Kier alpha value is -1.26. The van der Waals surface area contributed by atoms with E-state index in [0.29, 0.717) is 0 Å². The Labute approximate surface area is 106 Å². The second-order valence-corrected chi connectivity index (χ2v) is 3.90. The Kier molecular flexibility index (Phi) is 5.25. The lowest BCUT2D eigenvalue weighted by molar-refractivity contribution is 0.0697. The van der Waals surface area contributed by atoms with Gasteiger partial charge in [0.15, 0.2) is 0 Å². The van der Waals surface area contributed by atoms with Crippen molar-refractivity contribution >= 4 is 18.4 Å². The molecule has 4 nitrogen and oxygen atoms in total. The molecule has 1 aromatic carbocycles. The van der Waals surface area contributed by atoms with Crippen LogP contribution in [0.5, 0.6) is 5.75 Å². The molecule has 2 N–H and O–H groups in total. The Morgan fingerprint density at radius 1 is 1.24 bits per heavy atom. The summed E-state index contributed by atoms with van der Waals surface area (Å²) in [4.78, 5) is 10.7. The number of carbonyl (C=O) groups is 1. The average Bonchev–Trinajstić information content (AvgIpc) is 2.31. The van der Waals surface area contributed by atoms with Gasteiger partial charge >= 0.3 is 5.97 Å². The molecule has 0 aromatic heterocycles. The highest BCUT2D eigenvalue weighted by atomic mass is 35.5. The maximum Gasteiger partial charge on any atom is 0.335 e. The van der Waals surface area contributed by atoms with Crippen molar-refractivity contribution in [2.75, 3.05) is 13.1 Å². The fraction of sp³-hybridized carbons (Fsp3) is 0.417. The highest BCUT2D eigenvalue weighted by molar-refractivity contribution is 5.87. The van der Waals surface area contributed by atoms with Crippen LogP contribution < -0.4 is 10.1 Å². The van der Waals surface area contributed by atoms with E-state index < -0.39 is 5.97 Å². The summed E-state index contributed by atoms with van der Waals surface area (Å²) in [6.45, 7) is 1.97. The van der Waals surface area contributed by atoms with Crippen molar-refractivity contribution in [3.8, 4) is 5.75 Å². The van der Waals surface area contributed by atoms with Crippen LogP contribution in [0.1, 0.15) is 23.2 Å². The lowest BCUT2D eigenvalue weighted by Gasteiger charge is -2.23. The molecule has 0 spiro atoms. The molecule has 5 heteroatoms. The Morgan fingerprint density at radius 2 is 1.82 bits per heavy atom. The second-order valence-electron chi connectivity index (χ2n) is 3.90. The number of hydrogen-bond acceptors (Lipinski definition) is 3. The van der Waals surface area contributed by atoms with E-state index in [-0.39, 0.29) is 24.1 Å². The predicted molar refractivity (Wildman–Crippen MR) is 67.2 cm³/mol. The topological polar surface area (TPSA) is 58.6 Å². The van der Waals surface area contributed by atoms with E-state index in [4.69, 9.17) is 9.84 Å². The van der Waals surface area contributed by atoms with E-state index >= 15 is 0 Å². The van der Waals surface area contributed by atoms with Gasteiger partial charge in [-0.3, -0.25) is 0 Å². The van der Waals surface area contributed by atoms with Crippen LogP contribution in [0, 0.1) is 0 Å². The molecule has 1 aliphatic rings. The number of benzene rings is 1. The van der Waals surface area contributed by atoms with Crippen molar-refractivity contribution in [1.82, 2.24) is 5.32 Å². The highest BCUT2D eigenvalue weighted by Gasteiger charge is 2.14. The minimum Gasteiger partial charge on any atom is -0.490 e. The molecule has 0 amide bonds. The summed E-state index contributed by atoms with van der Waals surface area (Å²) in [7, 11) is 0. The standard InChI is InChI=1S/C12H15NO3.ClH/c14-12(15)9-1-3-10(4-2-9)16-11-5-7-13-8-6-11;/h1-4,11,13H,5-8H2,(H,14,15);1H. The van der Waals surface area contributed by atoms with Crippen LogP contribution in [-0.4, -0.2) is 30.3 Å². The smallest absolute Gasteiger partial charge is 0.335 e. The number of piperidine rings is 1. The van der Waals surface area contributed by atoms with Crippen LogP contribution in [0.3, 0.4) is 0 Å². The number of halogens is 1. The van der Waals surface area contributed by atoms with Crippen LogP contribution >= 0.6 is 12.4 Å². The number of nitrogens with one attached hydrogen (secondary N) is 1. The van der Waals surface area contributed by atoms with Gasteiger partial charge in [-0.15, -0.1) is 12.4 Å². The molecule has 0 bridgehead atoms. The van der Waals surface area contributed by atoms with E-state index in [9.17, 15) is 4.79 Å². The van der Waals surface area contributed by atoms with Gasteiger partial charge in [-0.2, -0.15) is 0 Å². The monoisotopic (exact) mass is 257 g/mol. The van der Waals surface area contributed by atoms with E-state index in [0.717, 1.165) is 31.7 Å². The maximum atomic E-state index is 10.7. The first-order chi connectivity index (χ1) is 7.75. The Bertz CT molecular complexity index is 361. The fourth-order valence-electron chi connectivity index (χ4n) is 1.78. The zero-order chi connectivity index (χ0) is 11.4. The molecular weight excluding hydrogens is 242 g/mol. The quantitative estimate of drug-likeness (QED) is 0.869. The lowest BCUT2D eigenvalue weighted by Crippen LogP contribution is -2.34. The van der Waals surface area contributed by atoms with Gasteiger partial charge in [0.1, 0.15) is 11.9 Å². The first kappa shape index (κ1) is 13.8. The predicted octanol–water partition coefficient (Wildman–Crippen LogP) is 1.94. The summed E-state index contributed by atoms with van der Waals surface area (Å²) in [5, 5.41) is 12.0. The molecule has 1 aromatic rings. The van der Waals surface area contributed by atoms with Gasteiger partial charge in [-0.1, -0.05) is 0 Å². The summed E-state index contributed by atoms with van der Waals surface area (Å²) >= 11 is 0. The summed E-state index contributed by atoms with van der Waals surface area (Å²) < 4.78 is 5.76. The van der Waals surface area contributed by atoms with Gasteiger partial charge in [-0.05, 0) is 50.2 Å². The molecule has 94 valence electrons. The highest BCUT2D eigenvalue weighted by Crippen LogP contribution is 2.17. The largest absolute Gasteiger partial charge is 0.490 e. The van der Waals surface area contributed by atoms with Crippen LogP contribution in [0.2, 0.25) is 0 Å². The van der Waals surface area contributed by atoms with Gasteiger partial charge < -0.3 is 15.2 Å². The van der Waals surface area contributed by atoms with Crippen molar-refractivity contribution in [2.45, 2.75) is 18.9 Å². The molecule has 0 saturated carbocycles. The molecule has 0 aliphatic carbocycles. The second kappa shape index (κ2) is 6.47. The van der Waals surface area contributed by atoms with E-state index in [1.54, 1.807) is 24.3 Å².